The van der Waals surface area contributed by atoms with Gasteiger partial charge in [-0.25, -0.2) is 4.79 Å². The van der Waals surface area contributed by atoms with E-state index in [0.717, 1.165) is 12.8 Å². The van der Waals surface area contributed by atoms with Gasteiger partial charge in [-0.05, 0) is 49.1 Å². The molecule has 1 N–H and O–H groups in total. The lowest BCUT2D eigenvalue weighted by Crippen LogP contribution is -2.36. The van der Waals surface area contributed by atoms with Gasteiger partial charge in [0.05, 0.1) is 11.3 Å². The summed E-state index contributed by atoms with van der Waals surface area (Å²) in [6.07, 6.45) is 4.06. The number of halogens is 1. The Balaban J connectivity index is 2.10. The van der Waals surface area contributed by atoms with E-state index in [2.05, 4.69) is 26.1 Å². The summed E-state index contributed by atoms with van der Waals surface area (Å²) in [5.41, 5.74) is 0.912. The summed E-state index contributed by atoms with van der Waals surface area (Å²) < 4.78 is 5.91. The molecule has 26 heavy (non-hydrogen) atoms. The number of ether oxygens (including phenoxy) is 1. The van der Waals surface area contributed by atoms with E-state index in [4.69, 9.17) is 16.3 Å². The molecule has 1 aliphatic carbocycles. The second-order valence-corrected chi connectivity index (χ2v) is 8.03. The minimum absolute atomic E-state index is 0.0637. The first-order valence-electron chi connectivity index (χ1n) is 9.58. The molecule has 1 aliphatic rings. The van der Waals surface area contributed by atoms with Gasteiger partial charge < -0.3 is 10.1 Å². The maximum absolute atomic E-state index is 12.8. The molecular weight excluding hydrogens is 350 g/mol. The molecule has 4 nitrogen and oxygen atoms in total. The number of anilines is 1. The minimum Gasteiger partial charge on any atom is -0.458 e. The zero-order valence-electron chi connectivity index (χ0n) is 16.0. The average molecular weight is 380 g/mol. The maximum atomic E-state index is 12.8. The van der Waals surface area contributed by atoms with E-state index in [1.165, 1.54) is 6.42 Å². The Kier molecular flexibility index (Phi) is 7.95. The van der Waals surface area contributed by atoms with Gasteiger partial charge >= 0.3 is 5.97 Å². The second-order valence-electron chi connectivity index (χ2n) is 7.66. The Bertz CT molecular complexity index is 617. The molecule has 0 aromatic heterocycles. The molecule has 5 heteroatoms. The van der Waals surface area contributed by atoms with Crippen molar-refractivity contribution in [1.29, 1.82) is 0 Å². The quantitative estimate of drug-likeness (QED) is 0.519. The van der Waals surface area contributed by atoms with Gasteiger partial charge in [-0.1, -0.05) is 39.3 Å². The number of hydrogen-bond acceptors (Lipinski definition) is 3. The lowest BCUT2D eigenvalue weighted by Gasteiger charge is -2.36. The largest absolute Gasteiger partial charge is 0.458 e. The number of para-hydroxylation sites is 1. The van der Waals surface area contributed by atoms with Crippen LogP contribution in [-0.4, -0.2) is 23.9 Å². The van der Waals surface area contributed by atoms with Gasteiger partial charge in [0.25, 0.3) is 0 Å². The van der Waals surface area contributed by atoms with Crippen LogP contribution in [0.4, 0.5) is 5.69 Å². The number of nitrogens with one attached hydrogen (secondary N) is 1. The molecule has 0 spiro atoms. The highest BCUT2D eigenvalue weighted by Crippen LogP contribution is 2.36. The number of esters is 1. The fourth-order valence-corrected chi connectivity index (χ4v) is 3.80. The highest BCUT2D eigenvalue weighted by atomic mass is 35.5. The number of alkyl halides is 1. The zero-order valence-corrected chi connectivity index (χ0v) is 16.7. The summed E-state index contributed by atoms with van der Waals surface area (Å²) in [5, 5.41) is 2.81. The van der Waals surface area contributed by atoms with Crippen molar-refractivity contribution < 1.29 is 14.3 Å². The Labute approximate surface area is 161 Å². The highest BCUT2D eigenvalue weighted by molar-refractivity contribution is 6.18. The molecule has 1 amide bonds. The molecule has 1 saturated carbocycles. The monoisotopic (exact) mass is 379 g/mol. The third kappa shape index (κ3) is 5.73. The molecule has 1 aromatic rings. The van der Waals surface area contributed by atoms with Crippen LogP contribution in [0.15, 0.2) is 24.3 Å². The Morgan fingerprint density at radius 2 is 2.00 bits per heavy atom. The summed E-state index contributed by atoms with van der Waals surface area (Å²) in [4.78, 5) is 24.8. The van der Waals surface area contributed by atoms with Crippen molar-refractivity contribution in [2.75, 3.05) is 11.2 Å². The van der Waals surface area contributed by atoms with Crippen molar-refractivity contribution >= 4 is 29.2 Å². The summed E-state index contributed by atoms with van der Waals surface area (Å²) in [5.74, 6) is 1.37. The standard InChI is InChI=1S/C21H30ClNO3/c1-14(2)16-11-10-15(3)13-19(16)26-21(25)17-7-4-5-8-18(17)23-20(24)9-6-12-22/h4-5,7-8,14-16,19H,6,9-13H2,1-3H3,(H,23,24)/t15-,16+,19-/m1/s1. The van der Waals surface area contributed by atoms with Gasteiger partial charge in [0, 0.05) is 12.3 Å². The van der Waals surface area contributed by atoms with Crippen molar-refractivity contribution in [3.05, 3.63) is 29.8 Å². The van der Waals surface area contributed by atoms with Crippen molar-refractivity contribution in [3.63, 3.8) is 0 Å². The van der Waals surface area contributed by atoms with E-state index in [-0.39, 0.29) is 18.0 Å². The van der Waals surface area contributed by atoms with Crippen LogP contribution in [0.3, 0.4) is 0 Å². The van der Waals surface area contributed by atoms with Crippen molar-refractivity contribution in [2.45, 2.75) is 59.0 Å². The van der Waals surface area contributed by atoms with Gasteiger partial charge in [-0.2, -0.15) is 0 Å². The van der Waals surface area contributed by atoms with Crippen LogP contribution in [0.5, 0.6) is 0 Å². The molecule has 0 unspecified atom stereocenters. The minimum atomic E-state index is -0.358. The summed E-state index contributed by atoms with van der Waals surface area (Å²) in [6.45, 7) is 6.58. The molecule has 3 atom stereocenters. The fraction of sp³-hybridized carbons (Fsp3) is 0.619. The SMILES string of the molecule is CC(C)[C@@H]1CC[C@@H](C)C[C@H]1OC(=O)c1ccccc1NC(=O)CCCCl. The summed E-state index contributed by atoms with van der Waals surface area (Å²) in [6, 6.07) is 7.02. The lowest BCUT2D eigenvalue weighted by molar-refractivity contribution is -0.116. The van der Waals surface area contributed by atoms with Gasteiger partial charge in [0.15, 0.2) is 0 Å². The topological polar surface area (TPSA) is 55.4 Å². The fourth-order valence-electron chi connectivity index (χ4n) is 3.66. The molecular formula is C21H30ClNO3. The molecule has 0 bridgehead atoms. The number of carbonyl (C=O) groups is 2. The van der Waals surface area contributed by atoms with Gasteiger partial charge in [-0.15, -0.1) is 11.6 Å². The number of amides is 1. The van der Waals surface area contributed by atoms with E-state index < -0.39 is 0 Å². The third-order valence-electron chi connectivity index (χ3n) is 5.18. The van der Waals surface area contributed by atoms with Crippen LogP contribution in [0.1, 0.15) is 63.2 Å². The lowest BCUT2D eigenvalue weighted by atomic mass is 9.75. The predicted octanol–water partition coefficient (Wildman–Crippen LogP) is 5.26. The first kappa shape index (κ1) is 20.8. The molecule has 1 aromatic carbocycles. The summed E-state index contributed by atoms with van der Waals surface area (Å²) >= 11 is 5.64. The van der Waals surface area contributed by atoms with Crippen LogP contribution in [-0.2, 0) is 9.53 Å². The van der Waals surface area contributed by atoms with Gasteiger partial charge in [-0.3, -0.25) is 4.79 Å². The second kappa shape index (κ2) is 9.96. The zero-order chi connectivity index (χ0) is 19.1. The first-order chi connectivity index (χ1) is 12.4. The van der Waals surface area contributed by atoms with Gasteiger partial charge in [0.1, 0.15) is 6.10 Å². The van der Waals surface area contributed by atoms with Crippen LogP contribution in [0.25, 0.3) is 0 Å². The van der Waals surface area contributed by atoms with E-state index >= 15 is 0 Å². The number of benzene rings is 1. The maximum Gasteiger partial charge on any atom is 0.340 e. The van der Waals surface area contributed by atoms with Crippen molar-refractivity contribution in [2.24, 2.45) is 17.8 Å². The molecule has 0 radical (unpaired) electrons. The molecule has 0 heterocycles. The normalized spacial score (nSPS) is 22.9. The van der Waals surface area contributed by atoms with Crippen LogP contribution >= 0.6 is 11.6 Å². The predicted molar refractivity (Wildman–Crippen MR) is 106 cm³/mol. The molecule has 0 aliphatic heterocycles. The summed E-state index contributed by atoms with van der Waals surface area (Å²) in [7, 11) is 0. The van der Waals surface area contributed by atoms with Crippen LogP contribution in [0, 0.1) is 17.8 Å². The smallest absolute Gasteiger partial charge is 0.340 e. The first-order valence-corrected chi connectivity index (χ1v) is 10.1. The molecule has 0 saturated heterocycles. The number of hydrogen-bond donors (Lipinski definition) is 1. The Morgan fingerprint density at radius 3 is 2.69 bits per heavy atom. The van der Waals surface area contributed by atoms with E-state index in [0.29, 0.717) is 47.7 Å². The molecule has 1 fully saturated rings. The number of rotatable bonds is 7. The molecule has 2 rings (SSSR count). The third-order valence-corrected chi connectivity index (χ3v) is 5.45. The van der Waals surface area contributed by atoms with Crippen molar-refractivity contribution in [3.8, 4) is 0 Å². The van der Waals surface area contributed by atoms with E-state index in [9.17, 15) is 9.59 Å². The van der Waals surface area contributed by atoms with Crippen molar-refractivity contribution in [1.82, 2.24) is 0 Å². The van der Waals surface area contributed by atoms with Gasteiger partial charge in [0.2, 0.25) is 5.91 Å². The Morgan fingerprint density at radius 1 is 1.27 bits per heavy atom. The van der Waals surface area contributed by atoms with Crippen LogP contribution < -0.4 is 5.32 Å². The number of carbonyl (C=O) groups excluding carboxylic acids is 2. The Hall–Kier alpha value is -1.55. The van der Waals surface area contributed by atoms with E-state index in [1.54, 1.807) is 24.3 Å². The van der Waals surface area contributed by atoms with E-state index in [1.807, 2.05) is 0 Å². The highest BCUT2D eigenvalue weighted by Gasteiger charge is 2.34. The van der Waals surface area contributed by atoms with Crippen LogP contribution in [0.2, 0.25) is 0 Å². The average Bonchev–Trinajstić information content (AvgIpc) is 2.60. The molecule has 144 valence electrons.